The average molecular weight is 171 g/mol. The molecule has 0 saturated carbocycles. The Kier molecular flexibility index (Phi) is 5.34. The molecule has 0 saturated heterocycles. The van der Waals surface area contributed by atoms with Gasteiger partial charge in [-0.1, -0.05) is 13.8 Å². The van der Waals surface area contributed by atoms with Crippen LogP contribution in [0.5, 0.6) is 0 Å². The standard InChI is InChI=1S/C9H16O3/c1-3-7(4-2)8(10)5-6-9(11)12/h7H,3-6H2,1-2H3,(H,11,12)/p-1. The third kappa shape index (κ3) is 4.11. The average Bonchev–Trinajstić information content (AvgIpc) is 2.03. The van der Waals surface area contributed by atoms with Crippen molar-refractivity contribution in [1.29, 1.82) is 0 Å². The molecule has 0 heterocycles. The quantitative estimate of drug-likeness (QED) is 0.585. The Labute approximate surface area is 72.8 Å². The van der Waals surface area contributed by atoms with Gasteiger partial charge in [0.2, 0.25) is 0 Å². The van der Waals surface area contributed by atoms with E-state index in [1.165, 1.54) is 0 Å². The van der Waals surface area contributed by atoms with Gasteiger partial charge < -0.3 is 9.90 Å². The molecule has 0 aliphatic carbocycles. The first kappa shape index (κ1) is 11.1. The van der Waals surface area contributed by atoms with Gasteiger partial charge in [-0.2, -0.15) is 0 Å². The molecule has 0 rings (SSSR count). The number of hydrogen-bond donors (Lipinski definition) is 0. The molecule has 3 nitrogen and oxygen atoms in total. The summed E-state index contributed by atoms with van der Waals surface area (Å²) in [5.41, 5.74) is 0. The van der Waals surface area contributed by atoms with E-state index in [1.807, 2.05) is 13.8 Å². The van der Waals surface area contributed by atoms with Crippen molar-refractivity contribution in [3.8, 4) is 0 Å². The predicted octanol–water partition coefficient (Wildman–Crippen LogP) is 0.522. The maximum Gasteiger partial charge on any atom is 0.136 e. The first-order valence-corrected chi connectivity index (χ1v) is 4.34. The van der Waals surface area contributed by atoms with Gasteiger partial charge in [-0.05, 0) is 19.3 Å². The topological polar surface area (TPSA) is 57.2 Å². The first-order chi connectivity index (χ1) is 5.61. The Balaban J connectivity index is 3.77. The summed E-state index contributed by atoms with van der Waals surface area (Å²) in [7, 11) is 0. The second-order valence-corrected chi connectivity index (χ2v) is 2.85. The lowest BCUT2D eigenvalue weighted by Crippen LogP contribution is -2.24. The van der Waals surface area contributed by atoms with E-state index < -0.39 is 5.97 Å². The minimum Gasteiger partial charge on any atom is -0.550 e. The second-order valence-electron chi connectivity index (χ2n) is 2.85. The summed E-state index contributed by atoms with van der Waals surface area (Å²) in [6.45, 7) is 3.87. The Bertz CT molecular complexity index is 159. The van der Waals surface area contributed by atoms with Crippen molar-refractivity contribution in [2.45, 2.75) is 39.5 Å². The van der Waals surface area contributed by atoms with Gasteiger partial charge in [0.1, 0.15) is 5.78 Å². The summed E-state index contributed by atoms with van der Waals surface area (Å²) in [5, 5.41) is 10.0. The SMILES string of the molecule is CCC(CC)C(=O)CCC(=O)[O-]. The fourth-order valence-corrected chi connectivity index (χ4v) is 1.17. The van der Waals surface area contributed by atoms with Crippen molar-refractivity contribution >= 4 is 11.8 Å². The largest absolute Gasteiger partial charge is 0.550 e. The van der Waals surface area contributed by atoms with Crippen LogP contribution < -0.4 is 5.11 Å². The van der Waals surface area contributed by atoms with Crippen molar-refractivity contribution < 1.29 is 14.7 Å². The molecule has 0 amide bonds. The lowest BCUT2D eigenvalue weighted by molar-refractivity contribution is -0.305. The van der Waals surface area contributed by atoms with Crippen LogP contribution in [-0.4, -0.2) is 11.8 Å². The summed E-state index contributed by atoms with van der Waals surface area (Å²) >= 11 is 0. The smallest absolute Gasteiger partial charge is 0.136 e. The van der Waals surface area contributed by atoms with Crippen LogP contribution in [0.2, 0.25) is 0 Å². The zero-order valence-electron chi connectivity index (χ0n) is 7.63. The highest BCUT2D eigenvalue weighted by Crippen LogP contribution is 2.11. The lowest BCUT2D eigenvalue weighted by Gasteiger charge is -2.10. The van der Waals surface area contributed by atoms with E-state index in [0.29, 0.717) is 0 Å². The maximum absolute atomic E-state index is 11.2. The Morgan fingerprint density at radius 1 is 1.17 bits per heavy atom. The summed E-state index contributed by atoms with van der Waals surface area (Å²) in [6, 6.07) is 0. The first-order valence-electron chi connectivity index (χ1n) is 4.34. The van der Waals surface area contributed by atoms with Gasteiger partial charge in [0.15, 0.2) is 0 Å². The van der Waals surface area contributed by atoms with Crippen LogP contribution in [0.25, 0.3) is 0 Å². The highest BCUT2D eigenvalue weighted by Gasteiger charge is 2.12. The van der Waals surface area contributed by atoms with Crippen molar-refractivity contribution in [2.24, 2.45) is 5.92 Å². The van der Waals surface area contributed by atoms with Crippen molar-refractivity contribution in [1.82, 2.24) is 0 Å². The number of hydrogen-bond acceptors (Lipinski definition) is 3. The summed E-state index contributed by atoms with van der Waals surface area (Å²) in [4.78, 5) is 21.3. The van der Waals surface area contributed by atoms with Gasteiger partial charge >= 0.3 is 0 Å². The number of Topliss-reactive ketones (excluding diaryl/α,β-unsaturated/α-hetero) is 1. The molecule has 0 radical (unpaired) electrons. The third-order valence-corrected chi connectivity index (χ3v) is 2.02. The Hall–Kier alpha value is -0.860. The van der Waals surface area contributed by atoms with Gasteiger partial charge in [0, 0.05) is 18.3 Å². The molecule has 0 aromatic carbocycles. The van der Waals surface area contributed by atoms with Crippen LogP contribution in [0.1, 0.15) is 39.5 Å². The van der Waals surface area contributed by atoms with Gasteiger partial charge in [-0.25, -0.2) is 0 Å². The van der Waals surface area contributed by atoms with E-state index in [0.717, 1.165) is 12.8 Å². The van der Waals surface area contributed by atoms with E-state index in [-0.39, 0.29) is 24.5 Å². The molecule has 0 spiro atoms. The zero-order chi connectivity index (χ0) is 9.56. The van der Waals surface area contributed by atoms with Gasteiger partial charge in [0.05, 0.1) is 0 Å². The van der Waals surface area contributed by atoms with Gasteiger partial charge in [0.25, 0.3) is 0 Å². The van der Waals surface area contributed by atoms with Gasteiger partial charge in [-0.3, -0.25) is 4.79 Å². The van der Waals surface area contributed by atoms with E-state index >= 15 is 0 Å². The van der Waals surface area contributed by atoms with Crippen LogP contribution in [0, 0.1) is 5.92 Å². The maximum atomic E-state index is 11.2. The molecule has 0 aliphatic rings. The lowest BCUT2D eigenvalue weighted by atomic mass is 9.95. The molecule has 70 valence electrons. The van der Waals surface area contributed by atoms with Crippen LogP contribution >= 0.6 is 0 Å². The van der Waals surface area contributed by atoms with E-state index in [1.54, 1.807) is 0 Å². The number of ketones is 1. The number of carboxylic acids is 1. The number of carboxylic acid groups (broad SMARTS) is 1. The third-order valence-electron chi connectivity index (χ3n) is 2.02. The molecule has 0 atom stereocenters. The van der Waals surface area contributed by atoms with Crippen LogP contribution in [0.4, 0.5) is 0 Å². The molecule has 0 N–H and O–H groups in total. The highest BCUT2D eigenvalue weighted by molar-refractivity contribution is 5.83. The van der Waals surface area contributed by atoms with Crippen LogP contribution in [0.15, 0.2) is 0 Å². The predicted molar refractivity (Wildman–Crippen MR) is 43.3 cm³/mol. The number of carbonyl (C=O) groups excluding carboxylic acids is 2. The number of carbonyl (C=O) groups is 2. The molecule has 12 heavy (non-hydrogen) atoms. The molecule has 0 aromatic heterocycles. The fraction of sp³-hybridized carbons (Fsp3) is 0.778. The Morgan fingerprint density at radius 3 is 2.00 bits per heavy atom. The minimum absolute atomic E-state index is 0.0318. The molecule has 0 unspecified atom stereocenters. The summed E-state index contributed by atoms with van der Waals surface area (Å²) < 4.78 is 0. The number of rotatable bonds is 6. The molecule has 0 fully saturated rings. The van der Waals surface area contributed by atoms with E-state index in [4.69, 9.17) is 0 Å². The van der Waals surface area contributed by atoms with Crippen molar-refractivity contribution in [2.75, 3.05) is 0 Å². The minimum atomic E-state index is -1.14. The normalized spacial score (nSPS) is 10.2. The summed E-state index contributed by atoms with van der Waals surface area (Å²) in [6.07, 6.45) is 1.56. The van der Waals surface area contributed by atoms with Crippen LogP contribution in [0.3, 0.4) is 0 Å². The molecular formula is C9H15O3-. The summed E-state index contributed by atoms with van der Waals surface area (Å²) in [5.74, 6) is -1.07. The zero-order valence-corrected chi connectivity index (χ0v) is 7.63. The second kappa shape index (κ2) is 5.75. The van der Waals surface area contributed by atoms with Crippen molar-refractivity contribution in [3.05, 3.63) is 0 Å². The Morgan fingerprint density at radius 2 is 1.67 bits per heavy atom. The van der Waals surface area contributed by atoms with Gasteiger partial charge in [-0.15, -0.1) is 0 Å². The molecule has 0 aliphatic heterocycles. The van der Waals surface area contributed by atoms with Crippen LogP contribution in [-0.2, 0) is 9.59 Å². The molecule has 0 bridgehead atoms. The highest BCUT2D eigenvalue weighted by atomic mass is 16.4. The van der Waals surface area contributed by atoms with E-state index in [9.17, 15) is 14.7 Å². The van der Waals surface area contributed by atoms with E-state index in [2.05, 4.69) is 0 Å². The fourth-order valence-electron chi connectivity index (χ4n) is 1.17. The van der Waals surface area contributed by atoms with Crippen molar-refractivity contribution in [3.63, 3.8) is 0 Å². The molecule has 0 aromatic rings. The number of aliphatic carboxylic acids is 1. The molecular weight excluding hydrogens is 156 g/mol. The monoisotopic (exact) mass is 171 g/mol. The molecule has 3 heteroatoms.